The lowest BCUT2D eigenvalue weighted by atomic mass is 9.97. The molecule has 3 rings (SSSR count). The molecule has 2 aromatic rings. The molecule has 0 bridgehead atoms. The van der Waals surface area contributed by atoms with Gasteiger partial charge in [0.1, 0.15) is 0 Å². The number of nitrogens with zero attached hydrogens (tertiary/aromatic N) is 2. The standard InChI is InChI=1S/C17H17BrN2O3/c1-10-7-14(13-8-12(18)4-5-15(13)19-10)16(21)20-6-2-3-11(9-20)17(22)23/h4-5,7-8,11H,2-3,6,9H2,1H3,(H,22,23). The lowest BCUT2D eigenvalue weighted by molar-refractivity contribution is -0.143. The number of rotatable bonds is 2. The number of fused-ring (bicyclic) bond motifs is 1. The summed E-state index contributed by atoms with van der Waals surface area (Å²) < 4.78 is 0.881. The highest BCUT2D eigenvalue weighted by atomic mass is 79.9. The van der Waals surface area contributed by atoms with Gasteiger partial charge in [0.15, 0.2) is 0 Å². The number of piperidine rings is 1. The SMILES string of the molecule is Cc1cc(C(=O)N2CCCC(C(=O)O)C2)c2cc(Br)ccc2n1. The van der Waals surface area contributed by atoms with Crippen LogP contribution in [-0.2, 0) is 4.79 Å². The highest BCUT2D eigenvalue weighted by molar-refractivity contribution is 9.10. The Hall–Kier alpha value is -1.95. The lowest BCUT2D eigenvalue weighted by Crippen LogP contribution is -2.42. The molecule has 1 fully saturated rings. The summed E-state index contributed by atoms with van der Waals surface area (Å²) in [6.07, 6.45) is 1.34. The summed E-state index contributed by atoms with van der Waals surface area (Å²) in [4.78, 5) is 30.3. The van der Waals surface area contributed by atoms with Gasteiger partial charge in [-0.3, -0.25) is 14.6 Å². The largest absolute Gasteiger partial charge is 0.481 e. The number of hydrogen-bond acceptors (Lipinski definition) is 3. The Morgan fingerprint density at radius 2 is 2.13 bits per heavy atom. The molecule has 5 nitrogen and oxygen atoms in total. The van der Waals surface area contributed by atoms with Crippen molar-refractivity contribution in [3.05, 3.63) is 40.0 Å². The van der Waals surface area contributed by atoms with E-state index in [0.717, 1.165) is 21.1 Å². The first kappa shape index (κ1) is 15.9. The Morgan fingerprint density at radius 1 is 1.35 bits per heavy atom. The second-order valence-electron chi connectivity index (χ2n) is 5.90. The van der Waals surface area contributed by atoms with Crippen LogP contribution in [0.2, 0.25) is 0 Å². The van der Waals surface area contributed by atoms with E-state index in [9.17, 15) is 14.7 Å². The van der Waals surface area contributed by atoms with Gasteiger partial charge in [0, 0.05) is 28.6 Å². The molecule has 1 amide bonds. The van der Waals surface area contributed by atoms with E-state index in [1.807, 2.05) is 25.1 Å². The Labute approximate surface area is 142 Å². The number of carbonyl (C=O) groups excluding carboxylic acids is 1. The van der Waals surface area contributed by atoms with Crippen LogP contribution in [0.5, 0.6) is 0 Å². The number of carboxylic acid groups (broad SMARTS) is 1. The summed E-state index contributed by atoms with van der Waals surface area (Å²) >= 11 is 3.43. The van der Waals surface area contributed by atoms with Crippen molar-refractivity contribution in [2.75, 3.05) is 13.1 Å². The second kappa shape index (κ2) is 6.28. The number of likely N-dealkylation sites (tertiary alicyclic amines) is 1. The number of pyridine rings is 1. The van der Waals surface area contributed by atoms with Crippen molar-refractivity contribution in [2.24, 2.45) is 5.92 Å². The van der Waals surface area contributed by atoms with Gasteiger partial charge in [-0.1, -0.05) is 15.9 Å². The van der Waals surface area contributed by atoms with Crippen molar-refractivity contribution in [2.45, 2.75) is 19.8 Å². The van der Waals surface area contributed by atoms with Crippen molar-refractivity contribution in [3.63, 3.8) is 0 Å². The van der Waals surface area contributed by atoms with Crippen LogP contribution in [-0.4, -0.2) is 40.0 Å². The summed E-state index contributed by atoms with van der Waals surface area (Å²) in [5.74, 6) is -1.43. The van der Waals surface area contributed by atoms with Crippen LogP contribution in [0.1, 0.15) is 28.9 Å². The zero-order valence-electron chi connectivity index (χ0n) is 12.8. The van der Waals surface area contributed by atoms with Gasteiger partial charge in [0.25, 0.3) is 5.91 Å². The number of benzene rings is 1. The molecule has 6 heteroatoms. The van der Waals surface area contributed by atoms with Crippen LogP contribution >= 0.6 is 15.9 Å². The molecule has 1 aromatic heterocycles. The second-order valence-corrected chi connectivity index (χ2v) is 6.82. The fourth-order valence-corrected chi connectivity index (χ4v) is 3.40. The summed E-state index contributed by atoms with van der Waals surface area (Å²) in [5, 5.41) is 9.99. The van der Waals surface area contributed by atoms with Crippen LogP contribution in [0.3, 0.4) is 0 Å². The number of halogens is 1. The van der Waals surface area contributed by atoms with Gasteiger partial charge >= 0.3 is 5.97 Å². The third kappa shape index (κ3) is 3.22. The first-order valence-corrected chi connectivity index (χ1v) is 8.34. The Kier molecular flexibility index (Phi) is 4.35. The summed E-state index contributed by atoms with van der Waals surface area (Å²) in [6.45, 7) is 2.72. The van der Waals surface area contributed by atoms with Gasteiger partial charge in [-0.25, -0.2) is 0 Å². The number of aromatic nitrogens is 1. The van der Waals surface area contributed by atoms with E-state index >= 15 is 0 Å². The third-order valence-corrected chi connectivity index (χ3v) is 4.68. The third-order valence-electron chi connectivity index (χ3n) is 4.19. The first-order valence-electron chi connectivity index (χ1n) is 7.54. The van der Waals surface area contributed by atoms with Crippen molar-refractivity contribution in [1.82, 2.24) is 9.88 Å². The Bertz CT molecular complexity index is 791. The zero-order chi connectivity index (χ0) is 16.6. The molecule has 0 aliphatic carbocycles. The monoisotopic (exact) mass is 376 g/mol. The molecule has 0 saturated carbocycles. The highest BCUT2D eigenvalue weighted by Crippen LogP contribution is 2.26. The van der Waals surface area contributed by atoms with E-state index in [2.05, 4.69) is 20.9 Å². The molecule has 1 atom stereocenters. The van der Waals surface area contributed by atoms with Gasteiger partial charge in [-0.15, -0.1) is 0 Å². The van der Waals surface area contributed by atoms with Crippen molar-refractivity contribution >= 4 is 38.7 Å². The molecule has 0 radical (unpaired) electrons. The van der Waals surface area contributed by atoms with Gasteiger partial charge < -0.3 is 10.0 Å². The molecule has 1 aromatic carbocycles. The van der Waals surface area contributed by atoms with Gasteiger partial charge in [-0.2, -0.15) is 0 Å². The average Bonchev–Trinajstić information content (AvgIpc) is 2.54. The van der Waals surface area contributed by atoms with Gasteiger partial charge in [-0.05, 0) is 44.0 Å². The molecule has 1 aliphatic heterocycles. The quantitative estimate of drug-likeness (QED) is 0.872. The van der Waals surface area contributed by atoms with Crippen LogP contribution < -0.4 is 0 Å². The summed E-state index contributed by atoms with van der Waals surface area (Å²) in [7, 11) is 0. The zero-order valence-corrected chi connectivity index (χ0v) is 14.3. The smallest absolute Gasteiger partial charge is 0.308 e. The summed E-state index contributed by atoms with van der Waals surface area (Å²) in [6, 6.07) is 7.43. The van der Waals surface area contributed by atoms with E-state index in [-0.39, 0.29) is 12.5 Å². The Balaban J connectivity index is 2.00. The predicted molar refractivity (Wildman–Crippen MR) is 90.4 cm³/mol. The van der Waals surface area contributed by atoms with Gasteiger partial charge in [0.05, 0.1) is 17.0 Å². The number of hydrogen-bond donors (Lipinski definition) is 1. The number of carbonyl (C=O) groups is 2. The van der Waals surface area contributed by atoms with Crippen LogP contribution in [0.15, 0.2) is 28.7 Å². The first-order chi connectivity index (χ1) is 11.0. The van der Waals surface area contributed by atoms with Gasteiger partial charge in [0.2, 0.25) is 0 Å². The normalized spacial score (nSPS) is 18.2. The minimum Gasteiger partial charge on any atom is -0.481 e. The molecule has 1 unspecified atom stereocenters. The maximum atomic E-state index is 12.9. The predicted octanol–water partition coefficient (Wildman–Crippen LogP) is 3.24. The molecule has 1 aliphatic rings. The van der Waals surface area contributed by atoms with Crippen molar-refractivity contribution < 1.29 is 14.7 Å². The Morgan fingerprint density at radius 3 is 2.87 bits per heavy atom. The number of carboxylic acids is 1. The minimum atomic E-state index is -0.832. The van der Waals surface area contributed by atoms with Crippen LogP contribution in [0.4, 0.5) is 0 Å². The summed E-state index contributed by atoms with van der Waals surface area (Å²) in [5.41, 5.74) is 2.12. The fourth-order valence-electron chi connectivity index (χ4n) is 3.04. The van der Waals surface area contributed by atoms with E-state index in [0.29, 0.717) is 24.9 Å². The average molecular weight is 377 g/mol. The molecule has 0 spiro atoms. The number of aryl methyl sites for hydroxylation is 1. The van der Waals surface area contributed by atoms with Crippen LogP contribution in [0.25, 0.3) is 10.9 Å². The molecule has 120 valence electrons. The van der Waals surface area contributed by atoms with E-state index < -0.39 is 11.9 Å². The molecule has 23 heavy (non-hydrogen) atoms. The maximum absolute atomic E-state index is 12.9. The topological polar surface area (TPSA) is 70.5 Å². The van der Waals surface area contributed by atoms with E-state index in [1.165, 1.54) is 0 Å². The lowest BCUT2D eigenvalue weighted by Gasteiger charge is -2.31. The minimum absolute atomic E-state index is 0.121. The molecular weight excluding hydrogens is 360 g/mol. The number of aliphatic carboxylic acids is 1. The number of amides is 1. The highest BCUT2D eigenvalue weighted by Gasteiger charge is 2.29. The van der Waals surface area contributed by atoms with E-state index in [4.69, 9.17) is 0 Å². The molecular formula is C17H17BrN2O3. The molecule has 2 heterocycles. The van der Waals surface area contributed by atoms with E-state index in [1.54, 1.807) is 11.0 Å². The molecule has 1 saturated heterocycles. The van der Waals surface area contributed by atoms with Crippen molar-refractivity contribution in [3.8, 4) is 0 Å². The maximum Gasteiger partial charge on any atom is 0.308 e. The van der Waals surface area contributed by atoms with Crippen LogP contribution in [0, 0.1) is 12.8 Å². The van der Waals surface area contributed by atoms with Crippen molar-refractivity contribution in [1.29, 1.82) is 0 Å². The molecule has 1 N–H and O–H groups in total. The fraction of sp³-hybridized carbons (Fsp3) is 0.353.